The van der Waals surface area contributed by atoms with E-state index in [1.807, 2.05) is 0 Å². The third kappa shape index (κ3) is 1.12. The molecule has 0 bridgehead atoms. The van der Waals surface area contributed by atoms with Gasteiger partial charge in [0.1, 0.15) is 5.78 Å². The van der Waals surface area contributed by atoms with Crippen LogP contribution < -0.4 is 0 Å². The maximum absolute atomic E-state index is 12.1. The van der Waals surface area contributed by atoms with Gasteiger partial charge < -0.3 is 4.74 Å². The van der Waals surface area contributed by atoms with Crippen LogP contribution in [0.25, 0.3) is 0 Å². The predicted octanol–water partition coefficient (Wildman–Crippen LogP) is 2.56. The fourth-order valence-electron chi connectivity index (χ4n) is 4.28. The standard InChI is InChI=1S/C13H20O2/c1-12(2)9-5-4-6-10(14)13(9,3)7-8-11(12)15-8/h8-9,11H,4-7H2,1-3H3/t8-,9+,11-,13+/m1/s1. The highest BCUT2D eigenvalue weighted by atomic mass is 16.6. The van der Waals surface area contributed by atoms with Gasteiger partial charge in [0.2, 0.25) is 0 Å². The summed E-state index contributed by atoms with van der Waals surface area (Å²) in [6, 6.07) is 0. The number of hydrogen-bond acceptors (Lipinski definition) is 2. The molecule has 0 radical (unpaired) electrons. The first kappa shape index (κ1) is 9.83. The molecule has 3 rings (SSSR count). The van der Waals surface area contributed by atoms with Crippen molar-refractivity contribution in [2.24, 2.45) is 16.7 Å². The van der Waals surface area contributed by atoms with Crippen LogP contribution in [0.1, 0.15) is 46.5 Å². The number of carbonyl (C=O) groups excluding carboxylic acids is 1. The van der Waals surface area contributed by atoms with Crippen LogP contribution in [-0.4, -0.2) is 18.0 Å². The molecule has 0 unspecified atom stereocenters. The van der Waals surface area contributed by atoms with Crippen LogP contribution in [0.3, 0.4) is 0 Å². The lowest BCUT2D eigenvalue weighted by molar-refractivity contribution is -0.141. The molecule has 4 atom stereocenters. The molecule has 2 nitrogen and oxygen atoms in total. The number of ether oxygens (including phenoxy) is 1. The van der Waals surface area contributed by atoms with Crippen molar-refractivity contribution in [2.45, 2.75) is 58.7 Å². The van der Waals surface area contributed by atoms with E-state index in [0.717, 1.165) is 19.3 Å². The van der Waals surface area contributed by atoms with E-state index in [-0.39, 0.29) is 10.8 Å². The van der Waals surface area contributed by atoms with Gasteiger partial charge in [0.25, 0.3) is 0 Å². The molecular formula is C13H20O2. The monoisotopic (exact) mass is 208 g/mol. The smallest absolute Gasteiger partial charge is 0.139 e. The Morgan fingerprint density at radius 2 is 2.07 bits per heavy atom. The molecule has 1 heterocycles. The number of Topliss-reactive ketones (excluding diaryl/α,β-unsaturated/α-hetero) is 1. The normalized spacial score (nSPS) is 51.9. The summed E-state index contributed by atoms with van der Waals surface area (Å²) >= 11 is 0. The number of carbonyl (C=O) groups is 1. The fraction of sp³-hybridized carbons (Fsp3) is 0.923. The first-order valence-corrected chi connectivity index (χ1v) is 6.15. The van der Waals surface area contributed by atoms with Crippen LogP contribution in [0.5, 0.6) is 0 Å². The van der Waals surface area contributed by atoms with Crippen molar-refractivity contribution in [3.05, 3.63) is 0 Å². The summed E-state index contributed by atoms with van der Waals surface area (Å²) in [5.74, 6) is 1.02. The van der Waals surface area contributed by atoms with Gasteiger partial charge in [0, 0.05) is 11.8 Å². The van der Waals surface area contributed by atoms with Crippen LogP contribution in [0.15, 0.2) is 0 Å². The van der Waals surface area contributed by atoms with Crippen molar-refractivity contribution in [1.29, 1.82) is 0 Å². The zero-order valence-corrected chi connectivity index (χ0v) is 9.88. The molecule has 15 heavy (non-hydrogen) atoms. The Morgan fingerprint density at radius 3 is 2.80 bits per heavy atom. The molecule has 0 aromatic carbocycles. The minimum Gasteiger partial charge on any atom is -0.369 e. The van der Waals surface area contributed by atoms with Crippen molar-refractivity contribution in [2.75, 3.05) is 0 Å². The lowest BCUT2D eigenvalue weighted by atomic mass is 9.51. The van der Waals surface area contributed by atoms with Crippen LogP contribution in [-0.2, 0) is 9.53 Å². The third-order valence-electron chi connectivity index (χ3n) is 5.14. The average Bonchev–Trinajstić information content (AvgIpc) is 2.88. The molecule has 0 amide bonds. The Bertz CT molecular complexity index is 320. The molecule has 2 heteroatoms. The van der Waals surface area contributed by atoms with Gasteiger partial charge in [-0.05, 0) is 30.6 Å². The van der Waals surface area contributed by atoms with Gasteiger partial charge in [0.05, 0.1) is 12.2 Å². The van der Waals surface area contributed by atoms with Gasteiger partial charge in [-0.3, -0.25) is 4.79 Å². The van der Waals surface area contributed by atoms with Gasteiger partial charge >= 0.3 is 0 Å². The van der Waals surface area contributed by atoms with Crippen molar-refractivity contribution in [1.82, 2.24) is 0 Å². The van der Waals surface area contributed by atoms with E-state index in [9.17, 15) is 4.79 Å². The molecule has 2 aliphatic carbocycles. The maximum Gasteiger partial charge on any atom is 0.139 e. The summed E-state index contributed by atoms with van der Waals surface area (Å²) in [7, 11) is 0. The molecule has 1 saturated heterocycles. The Balaban J connectivity index is 2.01. The highest BCUT2D eigenvalue weighted by Gasteiger charge is 2.65. The highest BCUT2D eigenvalue weighted by Crippen LogP contribution is 2.62. The number of ketones is 1. The molecule has 3 fully saturated rings. The zero-order chi connectivity index (χ0) is 10.8. The van der Waals surface area contributed by atoms with E-state index in [4.69, 9.17) is 4.74 Å². The molecule has 3 aliphatic rings. The Hall–Kier alpha value is -0.370. The summed E-state index contributed by atoms with van der Waals surface area (Å²) in [5, 5.41) is 0. The summed E-state index contributed by atoms with van der Waals surface area (Å²) in [5.41, 5.74) is 0.118. The van der Waals surface area contributed by atoms with Crippen molar-refractivity contribution >= 4 is 5.78 Å². The van der Waals surface area contributed by atoms with Gasteiger partial charge in [-0.15, -0.1) is 0 Å². The van der Waals surface area contributed by atoms with Gasteiger partial charge in [0.15, 0.2) is 0 Å². The molecule has 84 valence electrons. The second-order valence-corrected chi connectivity index (χ2v) is 6.41. The SMILES string of the molecule is CC1(C)[C@@H]2O[C@@H]2C[C@]2(C)C(=O)CCC[C@@H]12. The van der Waals surface area contributed by atoms with Gasteiger partial charge in [-0.1, -0.05) is 20.8 Å². The summed E-state index contributed by atoms with van der Waals surface area (Å²) in [6.07, 6.45) is 4.87. The van der Waals surface area contributed by atoms with Gasteiger partial charge in [-0.2, -0.15) is 0 Å². The van der Waals surface area contributed by atoms with Gasteiger partial charge in [-0.25, -0.2) is 0 Å². The molecule has 0 aromatic heterocycles. The van der Waals surface area contributed by atoms with Crippen LogP contribution >= 0.6 is 0 Å². The summed E-state index contributed by atoms with van der Waals surface area (Å²) in [4.78, 5) is 12.1. The molecular weight excluding hydrogens is 188 g/mol. The highest BCUT2D eigenvalue weighted by molar-refractivity contribution is 5.86. The van der Waals surface area contributed by atoms with Crippen LogP contribution in [0.2, 0.25) is 0 Å². The van der Waals surface area contributed by atoms with E-state index < -0.39 is 0 Å². The molecule has 0 aromatic rings. The van der Waals surface area contributed by atoms with Crippen LogP contribution in [0, 0.1) is 16.7 Å². The van der Waals surface area contributed by atoms with E-state index in [1.165, 1.54) is 6.42 Å². The topological polar surface area (TPSA) is 29.6 Å². The second-order valence-electron chi connectivity index (χ2n) is 6.41. The number of rotatable bonds is 0. The maximum atomic E-state index is 12.1. The Labute approximate surface area is 91.4 Å². The lowest BCUT2D eigenvalue weighted by Gasteiger charge is -2.50. The van der Waals surface area contributed by atoms with E-state index >= 15 is 0 Å². The first-order valence-electron chi connectivity index (χ1n) is 6.15. The van der Waals surface area contributed by atoms with Crippen LogP contribution in [0.4, 0.5) is 0 Å². The number of fused-ring (bicyclic) bond motifs is 2. The minimum atomic E-state index is -0.0839. The predicted molar refractivity (Wildman–Crippen MR) is 57.5 cm³/mol. The third-order valence-corrected chi connectivity index (χ3v) is 5.14. The zero-order valence-electron chi connectivity index (χ0n) is 9.88. The molecule has 1 aliphatic heterocycles. The Morgan fingerprint density at radius 1 is 1.33 bits per heavy atom. The Kier molecular flexibility index (Phi) is 1.74. The molecule has 0 N–H and O–H groups in total. The number of epoxide rings is 1. The van der Waals surface area contributed by atoms with E-state index in [0.29, 0.717) is 23.9 Å². The second kappa shape index (κ2) is 2.65. The minimum absolute atomic E-state index is 0.0839. The first-order chi connectivity index (χ1) is 6.96. The van der Waals surface area contributed by atoms with Crippen molar-refractivity contribution in [3.63, 3.8) is 0 Å². The van der Waals surface area contributed by atoms with E-state index in [1.54, 1.807) is 0 Å². The summed E-state index contributed by atoms with van der Waals surface area (Å²) < 4.78 is 5.75. The summed E-state index contributed by atoms with van der Waals surface area (Å²) in [6.45, 7) is 6.76. The average molecular weight is 208 g/mol. The molecule has 0 spiro atoms. The van der Waals surface area contributed by atoms with Crippen molar-refractivity contribution < 1.29 is 9.53 Å². The quantitative estimate of drug-likeness (QED) is 0.573. The van der Waals surface area contributed by atoms with E-state index in [2.05, 4.69) is 20.8 Å². The van der Waals surface area contributed by atoms with Crippen molar-refractivity contribution in [3.8, 4) is 0 Å². The molecule has 2 saturated carbocycles. The number of hydrogen-bond donors (Lipinski definition) is 0. The lowest BCUT2D eigenvalue weighted by Crippen LogP contribution is -2.52. The largest absolute Gasteiger partial charge is 0.369 e. The fourth-order valence-corrected chi connectivity index (χ4v) is 4.28.